The van der Waals surface area contributed by atoms with Gasteiger partial charge in [0.25, 0.3) is 17.7 Å². The zero-order valence-corrected chi connectivity index (χ0v) is 17.0. The third kappa shape index (κ3) is 4.13. The van der Waals surface area contributed by atoms with Crippen LogP contribution in [0.15, 0.2) is 36.4 Å². The van der Waals surface area contributed by atoms with Crippen molar-refractivity contribution < 1.29 is 23.9 Å². The summed E-state index contributed by atoms with van der Waals surface area (Å²) in [6.45, 7) is 0.669. The maximum atomic E-state index is 12.5. The minimum absolute atomic E-state index is 0.0316. The van der Waals surface area contributed by atoms with Crippen molar-refractivity contribution in [1.29, 1.82) is 5.26 Å². The highest BCUT2D eigenvalue weighted by Gasteiger charge is 2.42. The third-order valence-electron chi connectivity index (χ3n) is 4.31. The fraction of sp³-hybridized carbons (Fsp3) is 0.150. The Morgan fingerprint density at radius 2 is 1.73 bits per heavy atom. The molecule has 30 heavy (non-hydrogen) atoms. The van der Waals surface area contributed by atoms with Crippen LogP contribution in [0.4, 0.5) is 5.69 Å². The third-order valence-corrected chi connectivity index (χ3v) is 5.03. The Hall–Kier alpha value is -3.41. The Balaban J connectivity index is 1.63. The molecule has 1 heterocycles. The Bertz CT molecular complexity index is 1080. The average molecular weight is 446 g/mol. The molecular weight excluding hydrogens is 433 g/mol. The van der Waals surface area contributed by atoms with E-state index in [-0.39, 0.29) is 21.2 Å². The van der Waals surface area contributed by atoms with Gasteiger partial charge in [-0.25, -0.2) is 4.79 Å². The lowest BCUT2D eigenvalue weighted by atomic mass is 10.1. The predicted molar refractivity (Wildman–Crippen MR) is 107 cm³/mol. The molecule has 1 aliphatic heterocycles. The zero-order chi connectivity index (χ0) is 22.0. The van der Waals surface area contributed by atoms with Gasteiger partial charge in [-0.1, -0.05) is 29.3 Å². The monoisotopic (exact) mass is 445 g/mol. The van der Waals surface area contributed by atoms with Crippen LogP contribution in [-0.4, -0.2) is 41.2 Å². The van der Waals surface area contributed by atoms with Crippen molar-refractivity contribution in [1.82, 2.24) is 4.90 Å². The highest BCUT2D eigenvalue weighted by Crippen LogP contribution is 2.32. The van der Waals surface area contributed by atoms with Gasteiger partial charge in [0.05, 0.1) is 32.8 Å². The molecule has 152 valence electrons. The van der Waals surface area contributed by atoms with Crippen molar-refractivity contribution in [3.8, 4) is 6.07 Å². The quantitative estimate of drug-likeness (QED) is 0.558. The number of carbonyl (C=O) groups is 4. The van der Waals surface area contributed by atoms with Crippen molar-refractivity contribution in [2.45, 2.75) is 13.0 Å². The van der Waals surface area contributed by atoms with Gasteiger partial charge in [-0.15, -0.1) is 0 Å². The van der Waals surface area contributed by atoms with E-state index in [1.807, 2.05) is 6.07 Å². The maximum absolute atomic E-state index is 12.5. The normalized spacial score (nSPS) is 13.5. The van der Waals surface area contributed by atoms with Crippen LogP contribution in [-0.2, 0) is 14.3 Å². The van der Waals surface area contributed by atoms with Gasteiger partial charge in [-0.3, -0.25) is 19.3 Å². The highest BCUT2D eigenvalue weighted by atomic mass is 35.5. The molecule has 8 nitrogen and oxygen atoms in total. The van der Waals surface area contributed by atoms with E-state index in [0.29, 0.717) is 11.3 Å². The molecule has 1 N–H and O–H groups in total. The number of nitrogens with zero attached hydrogens (tertiary/aromatic N) is 2. The number of fused-ring (bicyclic) bond motifs is 1. The first kappa shape index (κ1) is 21.3. The summed E-state index contributed by atoms with van der Waals surface area (Å²) in [5.41, 5.74) is 0.773. The molecule has 2 aromatic rings. The van der Waals surface area contributed by atoms with Crippen LogP contribution in [0.25, 0.3) is 0 Å². The number of nitrogens with one attached hydrogen (secondary N) is 1. The first-order valence-corrected chi connectivity index (χ1v) is 9.32. The second-order valence-electron chi connectivity index (χ2n) is 6.32. The smallest absolute Gasteiger partial charge is 0.329 e. The Labute approximate surface area is 180 Å². The van der Waals surface area contributed by atoms with E-state index in [1.54, 1.807) is 18.2 Å². The fourth-order valence-electron chi connectivity index (χ4n) is 2.83. The van der Waals surface area contributed by atoms with Crippen molar-refractivity contribution in [3.63, 3.8) is 0 Å². The molecule has 1 atom stereocenters. The van der Waals surface area contributed by atoms with Gasteiger partial charge >= 0.3 is 5.97 Å². The molecule has 2 aromatic carbocycles. The van der Waals surface area contributed by atoms with Gasteiger partial charge < -0.3 is 10.1 Å². The van der Waals surface area contributed by atoms with Gasteiger partial charge in [-0.2, -0.15) is 5.26 Å². The number of anilines is 1. The first-order valence-electron chi connectivity index (χ1n) is 8.56. The topological polar surface area (TPSA) is 117 Å². The van der Waals surface area contributed by atoms with Crippen LogP contribution < -0.4 is 5.32 Å². The van der Waals surface area contributed by atoms with Crippen molar-refractivity contribution in [2.75, 3.05) is 11.9 Å². The number of halogens is 2. The number of amides is 3. The standard InChI is InChI=1S/C20H13Cl2N3O5/c1-10(25-18(27)13-6-15(21)16(22)7-14(13)19(25)28)20(29)30-9-17(26)24-12-4-2-3-11(5-12)8-23/h2-7,10H,9H2,1H3,(H,24,26)/t10-/m0/s1. The lowest BCUT2D eigenvalue weighted by molar-refractivity contribution is -0.150. The van der Waals surface area contributed by atoms with Crippen LogP contribution in [0, 0.1) is 11.3 Å². The van der Waals surface area contributed by atoms with Crippen LogP contribution in [0.2, 0.25) is 10.0 Å². The van der Waals surface area contributed by atoms with Crippen molar-refractivity contribution in [2.24, 2.45) is 0 Å². The van der Waals surface area contributed by atoms with Crippen LogP contribution >= 0.6 is 23.2 Å². The number of benzene rings is 2. The molecule has 0 aliphatic carbocycles. The summed E-state index contributed by atoms with van der Waals surface area (Å²) >= 11 is 11.8. The number of hydrogen-bond acceptors (Lipinski definition) is 6. The molecule has 0 aromatic heterocycles. The Kier molecular flexibility index (Phi) is 6.06. The molecule has 10 heteroatoms. The predicted octanol–water partition coefficient (Wildman–Crippen LogP) is 3.03. The van der Waals surface area contributed by atoms with E-state index in [9.17, 15) is 19.2 Å². The number of hydrogen-bond donors (Lipinski definition) is 1. The van der Waals surface area contributed by atoms with E-state index in [1.165, 1.54) is 25.1 Å². The summed E-state index contributed by atoms with van der Waals surface area (Å²) in [7, 11) is 0. The second kappa shape index (κ2) is 8.53. The number of ether oxygens (including phenoxy) is 1. The summed E-state index contributed by atoms with van der Waals surface area (Å²) in [6.07, 6.45) is 0. The largest absolute Gasteiger partial charge is 0.454 e. The zero-order valence-electron chi connectivity index (χ0n) is 15.4. The van der Waals surface area contributed by atoms with E-state index in [2.05, 4.69) is 5.32 Å². The summed E-state index contributed by atoms with van der Waals surface area (Å²) in [5.74, 6) is -3.01. The van der Waals surface area contributed by atoms with E-state index in [0.717, 1.165) is 4.90 Å². The molecule has 0 saturated carbocycles. The van der Waals surface area contributed by atoms with E-state index >= 15 is 0 Å². The highest BCUT2D eigenvalue weighted by molar-refractivity contribution is 6.43. The number of nitriles is 1. The van der Waals surface area contributed by atoms with Gasteiger partial charge in [0.2, 0.25) is 0 Å². The molecule has 3 rings (SSSR count). The number of rotatable bonds is 5. The SMILES string of the molecule is C[C@@H](C(=O)OCC(=O)Nc1cccc(C#N)c1)N1C(=O)c2cc(Cl)c(Cl)cc2C1=O. The summed E-state index contributed by atoms with van der Waals surface area (Å²) in [6, 6.07) is 9.37. The first-order chi connectivity index (χ1) is 14.2. The van der Waals surface area contributed by atoms with Crippen molar-refractivity contribution >= 4 is 52.6 Å². The van der Waals surface area contributed by atoms with Crippen LogP contribution in [0.1, 0.15) is 33.2 Å². The molecule has 0 fully saturated rings. The average Bonchev–Trinajstić information content (AvgIpc) is 2.95. The lowest BCUT2D eigenvalue weighted by Crippen LogP contribution is -2.44. The van der Waals surface area contributed by atoms with Gasteiger partial charge in [0.15, 0.2) is 6.61 Å². The molecule has 1 aliphatic rings. The van der Waals surface area contributed by atoms with E-state index < -0.39 is 36.3 Å². The Morgan fingerprint density at radius 3 is 2.30 bits per heavy atom. The summed E-state index contributed by atoms with van der Waals surface area (Å²) in [4.78, 5) is 50.1. The van der Waals surface area contributed by atoms with Crippen molar-refractivity contribution in [3.05, 3.63) is 63.1 Å². The minimum atomic E-state index is -1.27. The molecule has 0 radical (unpaired) electrons. The Morgan fingerprint density at radius 1 is 1.13 bits per heavy atom. The molecular formula is C20H13Cl2N3O5. The van der Waals surface area contributed by atoms with Gasteiger partial charge in [-0.05, 0) is 37.3 Å². The minimum Gasteiger partial charge on any atom is -0.454 e. The maximum Gasteiger partial charge on any atom is 0.329 e. The van der Waals surface area contributed by atoms with Crippen LogP contribution in [0.3, 0.4) is 0 Å². The fourth-order valence-corrected chi connectivity index (χ4v) is 3.16. The number of imide groups is 1. The van der Waals surface area contributed by atoms with Gasteiger partial charge in [0.1, 0.15) is 6.04 Å². The number of esters is 1. The lowest BCUT2D eigenvalue weighted by Gasteiger charge is -2.20. The van der Waals surface area contributed by atoms with E-state index in [4.69, 9.17) is 33.2 Å². The van der Waals surface area contributed by atoms with Gasteiger partial charge in [0, 0.05) is 5.69 Å². The molecule has 0 saturated heterocycles. The molecule has 0 spiro atoms. The molecule has 0 unspecified atom stereocenters. The molecule has 0 bridgehead atoms. The summed E-state index contributed by atoms with van der Waals surface area (Å²) < 4.78 is 4.94. The van der Waals surface area contributed by atoms with Crippen LogP contribution in [0.5, 0.6) is 0 Å². The summed E-state index contributed by atoms with van der Waals surface area (Å²) in [5, 5.41) is 11.6. The second-order valence-corrected chi connectivity index (χ2v) is 7.13. The number of carbonyl (C=O) groups excluding carboxylic acids is 4. The molecule has 3 amide bonds.